The first-order chi connectivity index (χ1) is 11.9. The lowest BCUT2D eigenvalue weighted by atomic mass is 9.50. The number of carbonyl (C=O) groups excluding carboxylic acids is 2. The molecule has 0 heterocycles. The molecule has 0 amide bonds. The fourth-order valence-corrected chi connectivity index (χ4v) is 5.13. The normalized spacial score (nSPS) is 37.9. The molecule has 0 aliphatic heterocycles. The summed E-state index contributed by atoms with van der Waals surface area (Å²) in [6.07, 6.45) is -0.837. The topological polar surface area (TPSA) is 72.8 Å². The number of rotatable bonds is 5. The average molecular weight is 378 g/mol. The van der Waals surface area contributed by atoms with Crippen molar-refractivity contribution in [2.45, 2.75) is 69.8 Å². The maximum Gasteiger partial charge on any atom is 0.417 e. The first-order valence-electron chi connectivity index (χ1n) is 9.07. The van der Waals surface area contributed by atoms with Crippen molar-refractivity contribution in [3.05, 3.63) is 0 Å². The van der Waals surface area contributed by atoms with E-state index in [1.165, 1.54) is 6.42 Å². The van der Waals surface area contributed by atoms with Crippen LogP contribution >= 0.6 is 0 Å². The molecule has 148 valence electrons. The van der Waals surface area contributed by atoms with Gasteiger partial charge in [0.1, 0.15) is 5.60 Å². The standard InChI is InChI=1S/C18H25F3O5/c1-16(24,18(19,20)21)8-14(22)25-9-15(23)26-17(2)12-4-10-3-11(6-12)7-13(17)5-10/h10-13,24H,3-9H2,1-2H3. The van der Waals surface area contributed by atoms with Crippen molar-refractivity contribution in [1.82, 2.24) is 0 Å². The highest BCUT2D eigenvalue weighted by Crippen LogP contribution is 2.59. The second-order valence-electron chi connectivity index (χ2n) is 8.57. The molecular weight excluding hydrogens is 353 g/mol. The molecule has 0 aromatic carbocycles. The Morgan fingerprint density at radius 1 is 1.04 bits per heavy atom. The van der Waals surface area contributed by atoms with Crippen LogP contribution in [0, 0.1) is 23.7 Å². The number of carbonyl (C=O) groups is 2. The molecule has 0 aromatic rings. The SMILES string of the molecule is CC1(OC(=O)COC(=O)CC(C)(O)C(F)(F)F)C2CC3CC(C2)CC1C3. The van der Waals surface area contributed by atoms with Gasteiger partial charge in [0, 0.05) is 0 Å². The van der Waals surface area contributed by atoms with Gasteiger partial charge in [-0.25, -0.2) is 4.79 Å². The Morgan fingerprint density at radius 2 is 1.54 bits per heavy atom. The lowest BCUT2D eigenvalue weighted by Crippen LogP contribution is -2.58. The van der Waals surface area contributed by atoms with Crippen LogP contribution in [0.15, 0.2) is 0 Å². The minimum absolute atomic E-state index is 0.296. The van der Waals surface area contributed by atoms with Gasteiger partial charge in [0.25, 0.3) is 0 Å². The molecule has 26 heavy (non-hydrogen) atoms. The van der Waals surface area contributed by atoms with Gasteiger partial charge in [0.15, 0.2) is 12.2 Å². The Kier molecular flexibility index (Phi) is 4.78. The lowest BCUT2D eigenvalue weighted by Gasteiger charge is -2.59. The van der Waals surface area contributed by atoms with E-state index in [4.69, 9.17) is 4.74 Å². The summed E-state index contributed by atoms with van der Waals surface area (Å²) >= 11 is 0. The summed E-state index contributed by atoms with van der Waals surface area (Å²) in [6, 6.07) is 0. The minimum Gasteiger partial charge on any atom is -0.456 e. The number of esters is 2. The highest BCUT2D eigenvalue weighted by Gasteiger charge is 2.57. The van der Waals surface area contributed by atoms with E-state index >= 15 is 0 Å². The largest absolute Gasteiger partial charge is 0.456 e. The van der Waals surface area contributed by atoms with Gasteiger partial charge in [-0.3, -0.25) is 4.79 Å². The molecule has 0 radical (unpaired) electrons. The van der Waals surface area contributed by atoms with Gasteiger partial charge in [-0.15, -0.1) is 0 Å². The van der Waals surface area contributed by atoms with Crippen molar-refractivity contribution < 1.29 is 37.3 Å². The summed E-state index contributed by atoms with van der Waals surface area (Å²) < 4.78 is 48.0. The molecule has 0 spiro atoms. The summed E-state index contributed by atoms with van der Waals surface area (Å²) in [5, 5.41) is 9.28. The smallest absolute Gasteiger partial charge is 0.417 e. The number of ether oxygens (including phenoxy) is 2. The van der Waals surface area contributed by atoms with E-state index in [-0.39, 0.29) is 0 Å². The number of hydrogen-bond donors (Lipinski definition) is 1. The van der Waals surface area contributed by atoms with E-state index in [1.54, 1.807) is 0 Å². The molecule has 1 N–H and O–H groups in total. The quantitative estimate of drug-likeness (QED) is 0.745. The molecule has 4 bridgehead atoms. The Hall–Kier alpha value is -1.31. The zero-order valence-electron chi connectivity index (χ0n) is 15.0. The summed E-state index contributed by atoms with van der Waals surface area (Å²) in [7, 11) is 0. The predicted octanol–water partition coefficient (Wildman–Crippen LogP) is 2.99. The molecule has 5 nitrogen and oxygen atoms in total. The molecule has 1 atom stereocenters. The van der Waals surface area contributed by atoms with E-state index in [9.17, 15) is 27.9 Å². The van der Waals surface area contributed by atoms with Crippen LogP contribution in [0.5, 0.6) is 0 Å². The molecule has 4 aliphatic rings. The van der Waals surface area contributed by atoms with Crippen LogP contribution in [-0.2, 0) is 19.1 Å². The molecular formula is C18H25F3O5. The van der Waals surface area contributed by atoms with Gasteiger partial charge in [0.05, 0.1) is 6.42 Å². The predicted molar refractivity (Wildman–Crippen MR) is 83.8 cm³/mol. The van der Waals surface area contributed by atoms with E-state index in [1.807, 2.05) is 6.92 Å². The summed E-state index contributed by atoms with van der Waals surface area (Å²) in [6.45, 7) is 1.67. The van der Waals surface area contributed by atoms with Crippen LogP contribution in [0.25, 0.3) is 0 Å². The number of hydrogen-bond acceptors (Lipinski definition) is 5. The van der Waals surface area contributed by atoms with Crippen molar-refractivity contribution >= 4 is 11.9 Å². The van der Waals surface area contributed by atoms with E-state index < -0.39 is 42.3 Å². The van der Waals surface area contributed by atoms with Crippen LogP contribution in [0.4, 0.5) is 13.2 Å². The van der Waals surface area contributed by atoms with Crippen molar-refractivity contribution in [3.63, 3.8) is 0 Å². The average Bonchev–Trinajstić information content (AvgIpc) is 2.48. The summed E-state index contributed by atoms with van der Waals surface area (Å²) in [5.74, 6) is -0.0494. The van der Waals surface area contributed by atoms with Gasteiger partial charge >= 0.3 is 18.1 Å². The van der Waals surface area contributed by atoms with Gasteiger partial charge in [0.2, 0.25) is 0 Å². The number of alkyl halides is 3. The lowest BCUT2D eigenvalue weighted by molar-refractivity contribution is -0.256. The van der Waals surface area contributed by atoms with Crippen LogP contribution in [0.1, 0.15) is 52.4 Å². The number of aliphatic hydroxyl groups is 1. The van der Waals surface area contributed by atoms with E-state index in [2.05, 4.69) is 4.74 Å². The molecule has 4 aliphatic carbocycles. The third kappa shape index (κ3) is 3.57. The third-order valence-electron chi connectivity index (χ3n) is 6.54. The fraction of sp³-hybridized carbons (Fsp3) is 0.889. The molecule has 4 rings (SSSR count). The zero-order chi connectivity index (χ0) is 19.3. The van der Waals surface area contributed by atoms with Crippen LogP contribution < -0.4 is 0 Å². The van der Waals surface area contributed by atoms with Gasteiger partial charge in [-0.1, -0.05) is 0 Å². The van der Waals surface area contributed by atoms with Gasteiger partial charge in [-0.2, -0.15) is 13.2 Å². The Morgan fingerprint density at radius 3 is 2.00 bits per heavy atom. The maximum absolute atomic E-state index is 12.6. The minimum atomic E-state index is -4.96. The zero-order valence-corrected chi connectivity index (χ0v) is 15.0. The molecule has 4 saturated carbocycles. The highest BCUT2D eigenvalue weighted by atomic mass is 19.4. The Balaban J connectivity index is 1.51. The number of halogens is 3. The summed E-state index contributed by atoms with van der Waals surface area (Å²) in [4.78, 5) is 23.7. The van der Waals surface area contributed by atoms with Gasteiger partial charge in [-0.05, 0) is 69.6 Å². The van der Waals surface area contributed by atoms with Crippen LogP contribution in [0.3, 0.4) is 0 Å². The Bertz CT molecular complexity index is 556. The fourth-order valence-electron chi connectivity index (χ4n) is 5.13. The van der Waals surface area contributed by atoms with Crippen molar-refractivity contribution in [3.8, 4) is 0 Å². The first-order valence-corrected chi connectivity index (χ1v) is 9.07. The van der Waals surface area contributed by atoms with Gasteiger partial charge < -0.3 is 14.6 Å². The first kappa shape index (κ1) is 19.5. The van der Waals surface area contributed by atoms with E-state index in [0.717, 1.165) is 25.7 Å². The second kappa shape index (κ2) is 6.39. The molecule has 0 saturated heterocycles. The van der Waals surface area contributed by atoms with E-state index in [0.29, 0.717) is 30.6 Å². The monoisotopic (exact) mass is 378 g/mol. The highest BCUT2D eigenvalue weighted by molar-refractivity contribution is 5.77. The molecule has 0 aromatic heterocycles. The van der Waals surface area contributed by atoms with Crippen molar-refractivity contribution in [2.75, 3.05) is 6.61 Å². The molecule has 1 unspecified atom stereocenters. The van der Waals surface area contributed by atoms with Crippen LogP contribution in [0.2, 0.25) is 0 Å². The van der Waals surface area contributed by atoms with Crippen LogP contribution in [-0.4, -0.2) is 41.0 Å². The van der Waals surface area contributed by atoms with Crippen molar-refractivity contribution in [2.24, 2.45) is 23.7 Å². The Labute approximate surface area is 150 Å². The second-order valence-corrected chi connectivity index (χ2v) is 8.57. The molecule has 8 heteroatoms. The summed E-state index contributed by atoms with van der Waals surface area (Å²) in [5.41, 5.74) is -3.78. The van der Waals surface area contributed by atoms with Crippen molar-refractivity contribution in [1.29, 1.82) is 0 Å². The maximum atomic E-state index is 12.6. The third-order valence-corrected chi connectivity index (χ3v) is 6.54. The molecule has 4 fully saturated rings.